The smallest absolute Gasteiger partial charge is 0.311 e. The Bertz CT molecular complexity index is 1010. The van der Waals surface area contributed by atoms with Crippen molar-refractivity contribution >= 4 is 40.8 Å². The lowest BCUT2D eigenvalue weighted by Gasteiger charge is -2.17. The van der Waals surface area contributed by atoms with Crippen molar-refractivity contribution in [2.75, 3.05) is 23.4 Å². The number of hydrogen-bond donors (Lipinski definition) is 1. The summed E-state index contributed by atoms with van der Waals surface area (Å²) >= 11 is 5.88. The molecule has 1 saturated heterocycles. The lowest BCUT2D eigenvalue weighted by atomic mass is 10.1. The maximum absolute atomic E-state index is 12.3. The van der Waals surface area contributed by atoms with Gasteiger partial charge in [0.15, 0.2) is 6.61 Å². The fraction of sp³-hybridized carbons (Fsp3) is 0.273. The summed E-state index contributed by atoms with van der Waals surface area (Å²) in [6, 6.07) is 14.0. The number of nitrogens with zero attached hydrogens (tertiary/aromatic N) is 2. The second kappa shape index (κ2) is 9.42. The van der Waals surface area contributed by atoms with Crippen molar-refractivity contribution in [3.05, 3.63) is 58.6 Å². The largest absolute Gasteiger partial charge is 0.455 e. The fourth-order valence-electron chi connectivity index (χ4n) is 3.18. The third-order valence-electron chi connectivity index (χ3n) is 4.84. The molecule has 1 heterocycles. The molecule has 0 aliphatic carbocycles. The lowest BCUT2D eigenvalue weighted by molar-refractivity contribution is -0.151. The van der Waals surface area contributed by atoms with E-state index in [4.69, 9.17) is 21.6 Å². The van der Waals surface area contributed by atoms with Gasteiger partial charge in [0, 0.05) is 23.7 Å². The van der Waals surface area contributed by atoms with Crippen LogP contribution >= 0.6 is 11.6 Å². The lowest BCUT2D eigenvalue weighted by Crippen LogP contribution is -2.28. The number of nitriles is 1. The molecule has 1 aliphatic heterocycles. The van der Waals surface area contributed by atoms with Gasteiger partial charge in [-0.05, 0) is 42.3 Å². The Morgan fingerprint density at radius 2 is 2.00 bits per heavy atom. The average molecular weight is 426 g/mol. The Hall–Kier alpha value is -3.37. The minimum absolute atomic E-state index is 0.0306. The molecule has 154 valence electrons. The number of halogens is 1. The van der Waals surface area contributed by atoms with Crippen molar-refractivity contribution in [3.8, 4) is 6.07 Å². The van der Waals surface area contributed by atoms with Gasteiger partial charge in [0.05, 0.1) is 17.2 Å². The quantitative estimate of drug-likeness (QED) is 0.716. The number of carbonyl (C=O) groups is 3. The third kappa shape index (κ3) is 4.97. The Kier molecular flexibility index (Phi) is 6.70. The molecule has 0 aromatic heterocycles. The summed E-state index contributed by atoms with van der Waals surface area (Å²) in [5, 5.41) is 12.0. The molecule has 2 amide bonds. The van der Waals surface area contributed by atoms with Crippen molar-refractivity contribution in [1.29, 1.82) is 5.26 Å². The topological polar surface area (TPSA) is 99.5 Å². The molecule has 1 N–H and O–H groups in total. The molecule has 7 nitrogen and oxygen atoms in total. The predicted molar refractivity (Wildman–Crippen MR) is 112 cm³/mol. The summed E-state index contributed by atoms with van der Waals surface area (Å²) in [7, 11) is 0. The van der Waals surface area contributed by atoms with Crippen LogP contribution in [0.2, 0.25) is 5.02 Å². The summed E-state index contributed by atoms with van der Waals surface area (Å²) in [6.45, 7) is 1.73. The molecule has 30 heavy (non-hydrogen) atoms. The summed E-state index contributed by atoms with van der Waals surface area (Å²) in [4.78, 5) is 38.3. The van der Waals surface area contributed by atoms with Crippen LogP contribution in [-0.4, -0.2) is 30.9 Å². The van der Waals surface area contributed by atoms with Crippen molar-refractivity contribution in [2.45, 2.75) is 19.8 Å². The normalized spacial score (nSPS) is 15.6. The van der Waals surface area contributed by atoms with E-state index in [1.54, 1.807) is 4.90 Å². The maximum Gasteiger partial charge on any atom is 0.311 e. The Morgan fingerprint density at radius 1 is 1.27 bits per heavy atom. The highest BCUT2D eigenvalue weighted by molar-refractivity contribution is 6.31. The summed E-state index contributed by atoms with van der Waals surface area (Å²) in [5.41, 5.74) is 2.37. The van der Waals surface area contributed by atoms with Crippen molar-refractivity contribution < 1.29 is 19.1 Å². The van der Waals surface area contributed by atoms with Gasteiger partial charge < -0.3 is 15.0 Å². The average Bonchev–Trinajstić information content (AvgIpc) is 3.14. The van der Waals surface area contributed by atoms with E-state index in [0.29, 0.717) is 5.02 Å². The monoisotopic (exact) mass is 425 g/mol. The zero-order valence-electron chi connectivity index (χ0n) is 16.4. The molecule has 0 bridgehead atoms. The molecule has 1 aliphatic rings. The molecule has 0 saturated carbocycles. The van der Waals surface area contributed by atoms with E-state index >= 15 is 0 Å². The highest BCUT2D eigenvalue weighted by Gasteiger charge is 2.36. The predicted octanol–water partition coefficient (Wildman–Crippen LogP) is 3.31. The van der Waals surface area contributed by atoms with E-state index in [9.17, 15) is 14.4 Å². The van der Waals surface area contributed by atoms with Crippen molar-refractivity contribution in [3.63, 3.8) is 0 Å². The van der Waals surface area contributed by atoms with Crippen LogP contribution in [0.1, 0.15) is 24.5 Å². The number of ether oxygens (including phenoxy) is 1. The molecule has 1 atom stereocenters. The number of carbonyl (C=O) groups excluding carboxylic acids is 3. The van der Waals surface area contributed by atoms with Gasteiger partial charge in [-0.15, -0.1) is 0 Å². The van der Waals surface area contributed by atoms with Gasteiger partial charge in [-0.25, -0.2) is 0 Å². The number of esters is 1. The zero-order valence-corrected chi connectivity index (χ0v) is 17.1. The van der Waals surface area contributed by atoms with Gasteiger partial charge in [0.1, 0.15) is 6.07 Å². The van der Waals surface area contributed by atoms with E-state index < -0.39 is 24.4 Å². The second-order valence-electron chi connectivity index (χ2n) is 6.88. The summed E-state index contributed by atoms with van der Waals surface area (Å²) < 4.78 is 5.09. The maximum atomic E-state index is 12.3. The van der Waals surface area contributed by atoms with Crippen LogP contribution in [0, 0.1) is 17.2 Å². The first-order valence-electron chi connectivity index (χ1n) is 9.46. The summed E-state index contributed by atoms with van der Waals surface area (Å²) in [6.07, 6.45) is 0.930. The van der Waals surface area contributed by atoms with Gasteiger partial charge in [-0.2, -0.15) is 5.26 Å². The Balaban J connectivity index is 1.55. The first-order valence-corrected chi connectivity index (χ1v) is 9.84. The molecule has 2 aromatic rings. The van der Waals surface area contributed by atoms with E-state index in [1.807, 2.05) is 37.3 Å². The number of benzene rings is 2. The molecule has 0 unspecified atom stereocenters. The summed E-state index contributed by atoms with van der Waals surface area (Å²) in [5.74, 6) is -2.02. The van der Waals surface area contributed by atoms with Crippen LogP contribution in [0.15, 0.2) is 42.5 Å². The Morgan fingerprint density at radius 3 is 2.67 bits per heavy atom. The highest BCUT2D eigenvalue weighted by atomic mass is 35.5. The van der Waals surface area contributed by atoms with E-state index in [2.05, 4.69) is 5.32 Å². The third-order valence-corrected chi connectivity index (χ3v) is 5.07. The van der Waals surface area contributed by atoms with Gasteiger partial charge >= 0.3 is 5.97 Å². The SMILES string of the molecule is CCc1ccc(N2C[C@H](C(=O)OCC(=O)Nc3cc(Cl)ccc3C#N)CC2=O)cc1. The number of anilines is 2. The molecular formula is C22H20ClN3O4. The Labute approximate surface area is 179 Å². The van der Waals surface area contributed by atoms with Crippen LogP contribution in [-0.2, 0) is 25.5 Å². The molecule has 3 rings (SSSR count). The highest BCUT2D eigenvalue weighted by Crippen LogP contribution is 2.26. The van der Waals surface area contributed by atoms with Crippen LogP contribution in [0.3, 0.4) is 0 Å². The number of aryl methyl sites for hydroxylation is 1. The molecule has 0 spiro atoms. The molecule has 8 heteroatoms. The molecule has 0 radical (unpaired) electrons. The van der Waals surface area contributed by atoms with Crippen molar-refractivity contribution in [2.24, 2.45) is 5.92 Å². The molecular weight excluding hydrogens is 406 g/mol. The van der Waals surface area contributed by atoms with Crippen molar-refractivity contribution in [1.82, 2.24) is 0 Å². The van der Waals surface area contributed by atoms with Crippen LogP contribution in [0.5, 0.6) is 0 Å². The van der Waals surface area contributed by atoms with Gasteiger partial charge in [0.25, 0.3) is 5.91 Å². The van der Waals surface area contributed by atoms with Crippen LogP contribution < -0.4 is 10.2 Å². The number of amides is 2. The minimum atomic E-state index is -0.642. The minimum Gasteiger partial charge on any atom is -0.455 e. The first-order chi connectivity index (χ1) is 14.4. The van der Waals surface area contributed by atoms with E-state index in [0.717, 1.165) is 17.7 Å². The van der Waals surface area contributed by atoms with Gasteiger partial charge in [0.2, 0.25) is 5.91 Å². The number of nitrogens with one attached hydrogen (secondary N) is 1. The molecule has 1 fully saturated rings. The van der Waals surface area contributed by atoms with E-state index in [-0.39, 0.29) is 30.1 Å². The van der Waals surface area contributed by atoms with Crippen LogP contribution in [0.25, 0.3) is 0 Å². The van der Waals surface area contributed by atoms with Gasteiger partial charge in [-0.1, -0.05) is 30.7 Å². The van der Waals surface area contributed by atoms with E-state index in [1.165, 1.54) is 18.2 Å². The van der Waals surface area contributed by atoms with Crippen LogP contribution in [0.4, 0.5) is 11.4 Å². The zero-order chi connectivity index (χ0) is 21.7. The molecule has 2 aromatic carbocycles. The second-order valence-corrected chi connectivity index (χ2v) is 7.32. The first kappa shape index (κ1) is 21.3. The standard InChI is InChI=1S/C22H20ClN3O4/c1-2-14-3-7-18(8-4-14)26-12-16(9-21(26)28)22(29)30-13-20(27)25-19-10-17(23)6-5-15(19)11-24/h3-8,10,16H,2,9,12-13H2,1H3,(H,25,27)/t16-/m1/s1. The fourth-order valence-corrected chi connectivity index (χ4v) is 3.36. The van der Waals surface area contributed by atoms with Gasteiger partial charge in [-0.3, -0.25) is 14.4 Å². The number of hydrogen-bond acceptors (Lipinski definition) is 5. The number of rotatable bonds is 6.